The predicted molar refractivity (Wildman–Crippen MR) is 93.7 cm³/mol. The molecule has 0 bridgehead atoms. The summed E-state index contributed by atoms with van der Waals surface area (Å²) in [6, 6.07) is 4.10. The molecule has 1 heterocycles. The van der Waals surface area contributed by atoms with Gasteiger partial charge in [0.1, 0.15) is 0 Å². The van der Waals surface area contributed by atoms with E-state index in [4.69, 9.17) is 9.47 Å². The molecular formula is C17H27ClN2O3. The highest BCUT2D eigenvalue weighted by Crippen LogP contribution is 2.34. The Hall–Kier alpha value is -1.46. The van der Waals surface area contributed by atoms with Gasteiger partial charge in [0.2, 0.25) is 5.91 Å². The largest absolute Gasteiger partial charge is 0.490 e. The first kappa shape index (κ1) is 19.6. The SMILES string of the molecule is CCOc1cc2c(cc1OCC)CN(C(=O)CCNC)CC2.Cl. The van der Waals surface area contributed by atoms with Crippen LogP contribution in [0.4, 0.5) is 0 Å². The summed E-state index contributed by atoms with van der Waals surface area (Å²) in [4.78, 5) is 14.1. The lowest BCUT2D eigenvalue weighted by Crippen LogP contribution is -2.37. The van der Waals surface area contributed by atoms with Crippen molar-refractivity contribution in [2.24, 2.45) is 0 Å². The Kier molecular flexibility index (Phi) is 8.20. The molecule has 0 atom stereocenters. The van der Waals surface area contributed by atoms with Crippen molar-refractivity contribution in [1.29, 1.82) is 0 Å². The molecule has 2 rings (SSSR count). The minimum Gasteiger partial charge on any atom is -0.490 e. The second-order valence-corrected chi connectivity index (χ2v) is 5.35. The number of carbonyl (C=O) groups is 1. The van der Waals surface area contributed by atoms with Crippen LogP contribution in [0.1, 0.15) is 31.4 Å². The van der Waals surface area contributed by atoms with Crippen LogP contribution < -0.4 is 14.8 Å². The Morgan fingerprint density at radius 2 is 1.78 bits per heavy atom. The molecule has 130 valence electrons. The molecule has 1 aromatic rings. The van der Waals surface area contributed by atoms with Gasteiger partial charge in [0.25, 0.3) is 0 Å². The molecule has 1 aromatic carbocycles. The van der Waals surface area contributed by atoms with E-state index in [1.165, 1.54) is 5.56 Å². The van der Waals surface area contributed by atoms with E-state index in [9.17, 15) is 4.79 Å². The minimum absolute atomic E-state index is 0. The van der Waals surface area contributed by atoms with Gasteiger partial charge in [-0.2, -0.15) is 0 Å². The summed E-state index contributed by atoms with van der Waals surface area (Å²) in [5.41, 5.74) is 2.42. The van der Waals surface area contributed by atoms with Gasteiger partial charge in [-0.3, -0.25) is 4.79 Å². The molecule has 0 aromatic heterocycles. The van der Waals surface area contributed by atoms with Crippen LogP contribution in [0.15, 0.2) is 12.1 Å². The van der Waals surface area contributed by atoms with Crippen LogP contribution in [0.2, 0.25) is 0 Å². The normalized spacial score (nSPS) is 13.1. The highest BCUT2D eigenvalue weighted by atomic mass is 35.5. The number of halogens is 1. The van der Waals surface area contributed by atoms with Crippen molar-refractivity contribution >= 4 is 18.3 Å². The zero-order chi connectivity index (χ0) is 15.9. The van der Waals surface area contributed by atoms with Crippen LogP contribution >= 0.6 is 12.4 Å². The summed E-state index contributed by atoms with van der Waals surface area (Å²) < 4.78 is 11.3. The molecule has 23 heavy (non-hydrogen) atoms. The zero-order valence-corrected chi connectivity index (χ0v) is 15.0. The Labute approximate surface area is 144 Å². The monoisotopic (exact) mass is 342 g/mol. The molecule has 0 fully saturated rings. The molecule has 0 radical (unpaired) electrons. The Bertz CT molecular complexity index is 523. The third-order valence-corrected chi connectivity index (χ3v) is 3.82. The topological polar surface area (TPSA) is 50.8 Å². The summed E-state index contributed by atoms with van der Waals surface area (Å²) in [7, 11) is 1.86. The summed E-state index contributed by atoms with van der Waals surface area (Å²) in [6.07, 6.45) is 1.41. The molecular weight excluding hydrogens is 316 g/mol. The van der Waals surface area contributed by atoms with E-state index >= 15 is 0 Å². The average Bonchev–Trinajstić information content (AvgIpc) is 2.53. The fourth-order valence-electron chi connectivity index (χ4n) is 2.70. The average molecular weight is 343 g/mol. The zero-order valence-electron chi connectivity index (χ0n) is 14.2. The molecule has 0 spiro atoms. The van der Waals surface area contributed by atoms with Crippen LogP contribution in [0.5, 0.6) is 11.5 Å². The number of ether oxygens (including phenoxy) is 2. The molecule has 1 amide bonds. The number of hydrogen-bond acceptors (Lipinski definition) is 4. The molecule has 5 nitrogen and oxygen atoms in total. The van der Waals surface area contributed by atoms with E-state index < -0.39 is 0 Å². The summed E-state index contributed by atoms with van der Waals surface area (Å²) in [6.45, 7) is 7.30. The maximum absolute atomic E-state index is 12.2. The number of nitrogens with one attached hydrogen (secondary N) is 1. The Morgan fingerprint density at radius 3 is 2.35 bits per heavy atom. The summed E-state index contributed by atoms with van der Waals surface area (Å²) >= 11 is 0. The lowest BCUT2D eigenvalue weighted by Gasteiger charge is -2.30. The minimum atomic E-state index is 0. The number of carbonyl (C=O) groups excluding carboxylic acids is 1. The third kappa shape index (κ3) is 5.01. The fraction of sp³-hybridized carbons (Fsp3) is 0.588. The molecule has 1 N–H and O–H groups in total. The molecule has 0 saturated heterocycles. The maximum Gasteiger partial charge on any atom is 0.224 e. The van der Waals surface area contributed by atoms with Crippen LogP contribution in [0.25, 0.3) is 0 Å². The number of amides is 1. The first-order valence-electron chi connectivity index (χ1n) is 8.03. The number of nitrogens with zero attached hydrogens (tertiary/aromatic N) is 1. The van der Waals surface area contributed by atoms with Crippen molar-refractivity contribution in [2.45, 2.75) is 33.2 Å². The van der Waals surface area contributed by atoms with Gasteiger partial charge in [-0.25, -0.2) is 0 Å². The molecule has 6 heteroatoms. The first-order valence-corrected chi connectivity index (χ1v) is 8.03. The lowest BCUT2D eigenvalue weighted by atomic mass is 9.98. The van der Waals surface area contributed by atoms with Gasteiger partial charge in [-0.15, -0.1) is 12.4 Å². The third-order valence-electron chi connectivity index (χ3n) is 3.82. The van der Waals surface area contributed by atoms with Crippen molar-refractivity contribution in [1.82, 2.24) is 10.2 Å². The maximum atomic E-state index is 12.2. The standard InChI is InChI=1S/C17H26N2O3.ClH/c1-4-21-15-10-13-7-9-19(17(20)6-8-18-3)12-14(13)11-16(15)22-5-2;/h10-11,18H,4-9,12H2,1-3H3;1H. The smallest absolute Gasteiger partial charge is 0.224 e. The van der Waals surface area contributed by atoms with Gasteiger partial charge in [0, 0.05) is 26.1 Å². The van der Waals surface area contributed by atoms with Crippen LogP contribution in [-0.4, -0.2) is 44.2 Å². The highest BCUT2D eigenvalue weighted by Gasteiger charge is 2.22. The Balaban J connectivity index is 0.00000264. The predicted octanol–water partition coefficient (Wildman–Crippen LogP) is 2.40. The lowest BCUT2D eigenvalue weighted by molar-refractivity contribution is -0.132. The van der Waals surface area contributed by atoms with Gasteiger partial charge < -0.3 is 19.7 Å². The van der Waals surface area contributed by atoms with E-state index in [1.807, 2.05) is 31.9 Å². The van der Waals surface area contributed by atoms with E-state index in [-0.39, 0.29) is 18.3 Å². The van der Waals surface area contributed by atoms with Crippen LogP contribution in [0, 0.1) is 0 Å². The van der Waals surface area contributed by atoms with Gasteiger partial charge >= 0.3 is 0 Å². The van der Waals surface area contributed by atoms with Gasteiger partial charge in [-0.05, 0) is 50.6 Å². The molecule has 0 saturated carbocycles. The van der Waals surface area contributed by atoms with Crippen LogP contribution in [-0.2, 0) is 17.8 Å². The van der Waals surface area contributed by atoms with Gasteiger partial charge in [0.05, 0.1) is 13.2 Å². The van der Waals surface area contributed by atoms with E-state index in [2.05, 4.69) is 11.4 Å². The van der Waals surface area contributed by atoms with Crippen molar-refractivity contribution in [3.8, 4) is 11.5 Å². The highest BCUT2D eigenvalue weighted by molar-refractivity contribution is 5.85. The number of rotatable bonds is 7. The first-order chi connectivity index (χ1) is 10.7. The summed E-state index contributed by atoms with van der Waals surface area (Å²) in [5, 5.41) is 3.02. The van der Waals surface area contributed by atoms with Crippen molar-refractivity contribution in [3.05, 3.63) is 23.3 Å². The Morgan fingerprint density at radius 1 is 1.17 bits per heavy atom. The molecule has 0 unspecified atom stereocenters. The fourth-order valence-corrected chi connectivity index (χ4v) is 2.70. The van der Waals surface area contributed by atoms with Crippen molar-refractivity contribution in [2.75, 3.05) is 33.4 Å². The van der Waals surface area contributed by atoms with Crippen LogP contribution in [0.3, 0.4) is 0 Å². The van der Waals surface area contributed by atoms with E-state index in [0.29, 0.717) is 26.2 Å². The molecule has 1 aliphatic rings. The summed E-state index contributed by atoms with van der Waals surface area (Å²) in [5.74, 6) is 1.78. The van der Waals surface area contributed by atoms with E-state index in [1.54, 1.807) is 0 Å². The van der Waals surface area contributed by atoms with Crippen molar-refractivity contribution < 1.29 is 14.3 Å². The number of benzene rings is 1. The van der Waals surface area contributed by atoms with E-state index in [0.717, 1.165) is 36.6 Å². The molecule has 1 aliphatic heterocycles. The second-order valence-electron chi connectivity index (χ2n) is 5.35. The quantitative estimate of drug-likeness (QED) is 0.826. The second kappa shape index (κ2) is 9.63. The van der Waals surface area contributed by atoms with Gasteiger partial charge in [-0.1, -0.05) is 0 Å². The van der Waals surface area contributed by atoms with Crippen molar-refractivity contribution in [3.63, 3.8) is 0 Å². The van der Waals surface area contributed by atoms with Gasteiger partial charge in [0.15, 0.2) is 11.5 Å². The molecule has 0 aliphatic carbocycles. The number of hydrogen-bond donors (Lipinski definition) is 1. The number of fused-ring (bicyclic) bond motifs is 1.